The molecule has 0 radical (unpaired) electrons. The van der Waals surface area contributed by atoms with Gasteiger partial charge in [-0.15, -0.1) is 0 Å². The molecule has 0 spiro atoms. The molecule has 0 aliphatic rings. The van der Waals surface area contributed by atoms with Crippen molar-refractivity contribution >= 4 is 0 Å². The predicted octanol–water partition coefficient (Wildman–Crippen LogP) is 7.84. The van der Waals surface area contributed by atoms with Crippen LogP contribution in [0.15, 0.2) is 45.8 Å². The molecule has 0 aliphatic carbocycles. The van der Waals surface area contributed by atoms with Crippen LogP contribution in [-0.2, 0) is 10.8 Å². The SMILES string of the molecule is C.CC.CC.CC(C)(C)c1ccco1.CC(C)(C)c1ccoc1. The molecule has 0 N–H and O–H groups in total. The van der Waals surface area contributed by atoms with Crippen molar-refractivity contribution in [3.8, 4) is 0 Å². The third-order valence-corrected chi connectivity index (χ3v) is 2.65. The lowest BCUT2D eigenvalue weighted by molar-refractivity contribution is 0.409. The number of hydrogen-bond acceptors (Lipinski definition) is 2. The van der Waals surface area contributed by atoms with Gasteiger partial charge in [0.25, 0.3) is 0 Å². The van der Waals surface area contributed by atoms with E-state index in [4.69, 9.17) is 8.83 Å². The summed E-state index contributed by atoms with van der Waals surface area (Å²) in [4.78, 5) is 0. The Balaban J connectivity index is -0.000000276. The molecule has 0 aromatic carbocycles. The van der Waals surface area contributed by atoms with Crippen LogP contribution in [0.5, 0.6) is 0 Å². The monoisotopic (exact) mass is 324 g/mol. The molecular formula is C21H40O2. The van der Waals surface area contributed by atoms with Crippen molar-refractivity contribution in [2.45, 2.75) is 87.5 Å². The van der Waals surface area contributed by atoms with E-state index in [2.05, 4.69) is 41.5 Å². The summed E-state index contributed by atoms with van der Waals surface area (Å²) in [6.07, 6.45) is 5.21. The molecule has 2 rings (SSSR count). The molecule has 2 nitrogen and oxygen atoms in total. The van der Waals surface area contributed by atoms with Crippen molar-refractivity contribution in [3.63, 3.8) is 0 Å². The fraction of sp³-hybridized carbons (Fsp3) is 0.619. The molecule has 2 heterocycles. The zero-order chi connectivity index (χ0) is 17.8. The van der Waals surface area contributed by atoms with Gasteiger partial charge < -0.3 is 8.83 Å². The van der Waals surface area contributed by atoms with E-state index in [1.165, 1.54) is 5.56 Å². The predicted molar refractivity (Wildman–Crippen MR) is 104 cm³/mol. The van der Waals surface area contributed by atoms with Gasteiger partial charge in [-0.3, -0.25) is 0 Å². The summed E-state index contributed by atoms with van der Waals surface area (Å²) in [6, 6.07) is 5.92. The fourth-order valence-electron chi connectivity index (χ4n) is 1.40. The van der Waals surface area contributed by atoms with Gasteiger partial charge in [0.05, 0.1) is 18.8 Å². The van der Waals surface area contributed by atoms with Gasteiger partial charge in [0.2, 0.25) is 0 Å². The van der Waals surface area contributed by atoms with E-state index in [0.29, 0.717) is 0 Å². The van der Waals surface area contributed by atoms with Crippen LogP contribution in [0.4, 0.5) is 0 Å². The van der Waals surface area contributed by atoms with Gasteiger partial charge in [0, 0.05) is 5.41 Å². The summed E-state index contributed by atoms with van der Waals surface area (Å²) < 4.78 is 10.1. The molecule has 2 heteroatoms. The fourth-order valence-corrected chi connectivity index (χ4v) is 1.40. The molecule has 2 aromatic rings. The second kappa shape index (κ2) is 13.0. The van der Waals surface area contributed by atoms with E-state index in [1.807, 2.05) is 45.9 Å². The molecule has 0 unspecified atom stereocenters. The number of furan rings is 2. The van der Waals surface area contributed by atoms with Crippen molar-refractivity contribution in [3.05, 3.63) is 48.3 Å². The van der Waals surface area contributed by atoms with E-state index in [9.17, 15) is 0 Å². The summed E-state index contributed by atoms with van der Waals surface area (Å²) >= 11 is 0. The maximum Gasteiger partial charge on any atom is 0.109 e. The van der Waals surface area contributed by atoms with Crippen LogP contribution >= 0.6 is 0 Å². The Kier molecular flexibility index (Phi) is 15.0. The molecule has 0 bridgehead atoms. The molecule has 0 saturated heterocycles. The number of hydrogen-bond donors (Lipinski definition) is 0. The lowest BCUT2D eigenvalue weighted by atomic mass is 9.89. The zero-order valence-electron chi connectivity index (χ0n) is 16.3. The number of rotatable bonds is 0. The highest BCUT2D eigenvalue weighted by Gasteiger charge is 2.15. The summed E-state index contributed by atoms with van der Waals surface area (Å²) in [7, 11) is 0. The van der Waals surface area contributed by atoms with E-state index in [-0.39, 0.29) is 18.3 Å². The molecule has 23 heavy (non-hydrogen) atoms. The quantitative estimate of drug-likeness (QED) is 0.493. The minimum Gasteiger partial charge on any atom is -0.472 e. The van der Waals surface area contributed by atoms with Crippen LogP contribution in [0.3, 0.4) is 0 Å². The van der Waals surface area contributed by atoms with E-state index in [0.717, 1.165) is 5.76 Å². The van der Waals surface area contributed by atoms with Crippen molar-refractivity contribution in [2.24, 2.45) is 0 Å². The summed E-state index contributed by atoms with van der Waals surface area (Å²) in [5.41, 5.74) is 1.64. The van der Waals surface area contributed by atoms with Gasteiger partial charge in [0.1, 0.15) is 5.76 Å². The van der Waals surface area contributed by atoms with Crippen LogP contribution in [0, 0.1) is 0 Å². The average molecular weight is 325 g/mol. The summed E-state index contributed by atoms with van der Waals surface area (Å²) in [5.74, 6) is 1.04. The molecule has 0 aliphatic heterocycles. The first-order valence-corrected chi connectivity index (χ1v) is 8.28. The van der Waals surface area contributed by atoms with Crippen LogP contribution in [-0.4, -0.2) is 0 Å². The third-order valence-electron chi connectivity index (χ3n) is 2.65. The van der Waals surface area contributed by atoms with Crippen LogP contribution in [0.25, 0.3) is 0 Å². The Morgan fingerprint density at radius 3 is 1.43 bits per heavy atom. The molecule has 0 atom stereocenters. The molecular weight excluding hydrogens is 284 g/mol. The van der Waals surface area contributed by atoms with Gasteiger partial charge in [0.15, 0.2) is 0 Å². The lowest BCUT2D eigenvalue weighted by Gasteiger charge is -2.14. The Labute approximate surface area is 145 Å². The van der Waals surface area contributed by atoms with Crippen molar-refractivity contribution in [1.29, 1.82) is 0 Å². The van der Waals surface area contributed by atoms with Gasteiger partial charge in [-0.1, -0.05) is 76.7 Å². The standard InChI is InChI=1S/2C8H12O.2C2H6.CH4/c1-8(2,3)7-4-5-9-6-7;1-8(2,3)7-5-4-6-9-7;2*1-2;/h2*4-6H,1-3H3;2*1-2H3;1H4. The van der Waals surface area contributed by atoms with Crippen molar-refractivity contribution < 1.29 is 8.83 Å². The Morgan fingerprint density at radius 1 is 0.739 bits per heavy atom. The molecule has 2 aromatic heterocycles. The Hall–Kier alpha value is -1.44. The lowest BCUT2D eigenvalue weighted by Crippen LogP contribution is -2.08. The summed E-state index contributed by atoms with van der Waals surface area (Å²) in [6.45, 7) is 20.9. The average Bonchev–Trinajstić information content (AvgIpc) is 3.16. The second-order valence-corrected chi connectivity index (χ2v) is 6.49. The minimum atomic E-state index is 0. The molecule has 0 saturated carbocycles. The van der Waals surface area contributed by atoms with E-state index >= 15 is 0 Å². The van der Waals surface area contributed by atoms with E-state index in [1.54, 1.807) is 18.8 Å². The van der Waals surface area contributed by atoms with Crippen molar-refractivity contribution in [2.75, 3.05) is 0 Å². The highest BCUT2D eigenvalue weighted by atomic mass is 16.3. The zero-order valence-corrected chi connectivity index (χ0v) is 16.3. The molecule has 0 fully saturated rings. The Morgan fingerprint density at radius 2 is 1.26 bits per heavy atom. The second-order valence-electron chi connectivity index (χ2n) is 6.49. The van der Waals surface area contributed by atoms with Gasteiger partial charge in [-0.05, 0) is 29.2 Å². The van der Waals surface area contributed by atoms with Gasteiger partial charge >= 0.3 is 0 Å². The first kappa shape index (κ1) is 26.5. The molecule has 0 amide bonds. The highest BCUT2D eigenvalue weighted by molar-refractivity contribution is 5.15. The first-order chi connectivity index (χ1) is 10.2. The van der Waals surface area contributed by atoms with Crippen molar-refractivity contribution in [1.82, 2.24) is 0 Å². The van der Waals surface area contributed by atoms with Crippen LogP contribution in [0.1, 0.15) is 88.0 Å². The topological polar surface area (TPSA) is 26.3 Å². The normalized spacial score (nSPS) is 9.83. The third kappa shape index (κ3) is 11.7. The van der Waals surface area contributed by atoms with E-state index < -0.39 is 0 Å². The molecule has 136 valence electrons. The smallest absolute Gasteiger partial charge is 0.109 e. The van der Waals surface area contributed by atoms with Gasteiger partial charge in [-0.25, -0.2) is 0 Å². The maximum atomic E-state index is 5.20. The summed E-state index contributed by atoms with van der Waals surface area (Å²) in [5, 5.41) is 0. The first-order valence-electron chi connectivity index (χ1n) is 8.28. The largest absolute Gasteiger partial charge is 0.472 e. The van der Waals surface area contributed by atoms with Gasteiger partial charge in [-0.2, -0.15) is 0 Å². The Bertz CT molecular complexity index is 379. The maximum absolute atomic E-state index is 5.20. The minimum absolute atomic E-state index is 0. The van der Waals surface area contributed by atoms with Crippen LogP contribution in [0.2, 0.25) is 0 Å². The van der Waals surface area contributed by atoms with Crippen LogP contribution < -0.4 is 0 Å². The highest BCUT2D eigenvalue weighted by Crippen LogP contribution is 2.22.